The summed E-state index contributed by atoms with van der Waals surface area (Å²) in [6.07, 6.45) is 6.64. The number of hydrogen-bond acceptors (Lipinski definition) is 3. The second-order valence-corrected chi connectivity index (χ2v) is 6.52. The smallest absolute Gasteiger partial charge is 0.219 e. The van der Waals surface area contributed by atoms with Crippen molar-refractivity contribution in [3.63, 3.8) is 0 Å². The lowest BCUT2D eigenvalue weighted by molar-refractivity contribution is -0.130. The number of aromatic amines is 1. The van der Waals surface area contributed by atoms with E-state index in [1.165, 1.54) is 19.4 Å². The number of hydrogen-bond donors (Lipinski definition) is 1. The van der Waals surface area contributed by atoms with E-state index in [0.29, 0.717) is 12.0 Å². The molecule has 3 heterocycles. The average Bonchev–Trinajstić information content (AvgIpc) is 2.94. The summed E-state index contributed by atoms with van der Waals surface area (Å²) >= 11 is 0. The van der Waals surface area contributed by atoms with Crippen LogP contribution in [0, 0.1) is 6.92 Å². The molecule has 5 nitrogen and oxygen atoms in total. The fraction of sp³-hybridized carbons (Fsp3) is 0.750. The monoisotopic (exact) mass is 290 g/mol. The van der Waals surface area contributed by atoms with Crippen LogP contribution >= 0.6 is 0 Å². The summed E-state index contributed by atoms with van der Waals surface area (Å²) in [7, 11) is 0. The lowest BCUT2D eigenvalue weighted by Gasteiger charge is -2.41. The Morgan fingerprint density at radius 2 is 2.05 bits per heavy atom. The first-order valence-electron chi connectivity index (χ1n) is 8.14. The van der Waals surface area contributed by atoms with Crippen LogP contribution in [0.3, 0.4) is 0 Å². The third-order valence-electron chi connectivity index (χ3n) is 4.99. The van der Waals surface area contributed by atoms with Crippen molar-refractivity contribution in [3.8, 4) is 0 Å². The van der Waals surface area contributed by atoms with Crippen LogP contribution in [0.4, 0.5) is 0 Å². The van der Waals surface area contributed by atoms with E-state index in [-0.39, 0.29) is 5.91 Å². The lowest BCUT2D eigenvalue weighted by atomic mass is 9.93. The van der Waals surface area contributed by atoms with Crippen LogP contribution in [0.25, 0.3) is 0 Å². The molecule has 21 heavy (non-hydrogen) atoms. The number of nitrogens with zero attached hydrogens (tertiary/aromatic N) is 3. The van der Waals surface area contributed by atoms with Crippen molar-refractivity contribution < 1.29 is 4.79 Å². The quantitative estimate of drug-likeness (QED) is 0.905. The van der Waals surface area contributed by atoms with Gasteiger partial charge in [-0.05, 0) is 39.2 Å². The third-order valence-corrected chi connectivity index (χ3v) is 4.99. The molecule has 0 unspecified atom stereocenters. The van der Waals surface area contributed by atoms with Crippen LogP contribution in [0.1, 0.15) is 50.0 Å². The number of aromatic nitrogens is 2. The molecule has 3 rings (SSSR count). The largest absolute Gasteiger partial charge is 0.346 e. The molecular formula is C16H26N4O. The minimum absolute atomic E-state index is 0.219. The van der Waals surface area contributed by atoms with Gasteiger partial charge in [-0.3, -0.25) is 9.69 Å². The van der Waals surface area contributed by atoms with Gasteiger partial charge in [0, 0.05) is 50.4 Å². The van der Waals surface area contributed by atoms with Gasteiger partial charge in [-0.1, -0.05) is 0 Å². The zero-order chi connectivity index (χ0) is 14.8. The van der Waals surface area contributed by atoms with Gasteiger partial charge in [-0.2, -0.15) is 0 Å². The van der Waals surface area contributed by atoms with Crippen LogP contribution in [0.5, 0.6) is 0 Å². The maximum atomic E-state index is 11.4. The Hall–Kier alpha value is -1.36. The summed E-state index contributed by atoms with van der Waals surface area (Å²) in [5.74, 6) is 1.91. The third kappa shape index (κ3) is 3.28. The van der Waals surface area contributed by atoms with Crippen LogP contribution in [-0.2, 0) is 4.79 Å². The number of piperidine rings is 2. The topological polar surface area (TPSA) is 52.2 Å². The molecule has 0 bridgehead atoms. The van der Waals surface area contributed by atoms with E-state index in [2.05, 4.69) is 21.8 Å². The molecule has 2 aliphatic heterocycles. The van der Waals surface area contributed by atoms with Gasteiger partial charge >= 0.3 is 0 Å². The van der Waals surface area contributed by atoms with E-state index < -0.39 is 0 Å². The van der Waals surface area contributed by atoms with Crippen molar-refractivity contribution in [3.05, 3.63) is 17.7 Å². The number of rotatable bonds is 2. The SMILES string of the molecule is CC(=O)N1CCC(N2CCC[C@@H](c3ncc(C)[nH]3)C2)CC1. The highest BCUT2D eigenvalue weighted by molar-refractivity contribution is 5.73. The molecule has 1 aromatic rings. The molecule has 2 saturated heterocycles. The van der Waals surface area contributed by atoms with E-state index >= 15 is 0 Å². The van der Waals surface area contributed by atoms with Crippen LogP contribution in [-0.4, -0.2) is 57.9 Å². The summed E-state index contributed by atoms with van der Waals surface area (Å²) in [4.78, 5) is 23.9. The van der Waals surface area contributed by atoms with Gasteiger partial charge in [0.2, 0.25) is 5.91 Å². The highest BCUT2D eigenvalue weighted by Crippen LogP contribution is 2.28. The minimum Gasteiger partial charge on any atom is -0.346 e. The van der Waals surface area contributed by atoms with Gasteiger partial charge in [-0.15, -0.1) is 0 Å². The molecule has 1 N–H and O–H groups in total. The number of carbonyl (C=O) groups is 1. The molecule has 0 spiro atoms. The zero-order valence-corrected chi connectivity index (χ0v) is 13.1. The van der Waals surface area contributed by atoms with E-state index in [1.807, 2.05) is 11.1 Å². The Labute approximate surface area is 126 Å². The summed E-state index contributed by atoms with van der Waals surface area (Å²) in [6, 6.07) is 0.638. The van der Waals surface area contributed by atoms with Gasteiger partial charge in [0.1, 0.15) is 5.82 Å². The van der Waals surface area contributed by atoms with Gasteiger partial charge in [0.25, 0.3) is 0 Å². The normalized spacial score (nSPS) is 25.2. The standard InChI is InChI=1S/C16H26N4O/c1-12-10-17-16(18-12)14-4-3-7-20(11-14)15-5-8-19(9-6-15)13(2)21/h10,14-15H,3-9,11H2,1-2H3,(H,17,18)/t14-/m1/s1. The Kier molecular flexibility index (Phi) is 4.29. The van der Waals surface area contributed by atoms with Gasteiger partial charge in [-0.25, -0.2) is 4.98 Å². The Morgan fingerprint density at radius 3 is 2.67 bits per heavy atom. The molecule has 1 atom stereocenters. The predicted octanol–water partition coefficient (Wildman–Crippen LogP) is 1.91. The van der Waals surface area contributed by atoms with Crippen molar-refractivity contribution in [2.45, 2.75) is 51.5 Å². The molecule has 0 saturated carbocycles. The number of imidazole rings is 1. The summed E-state index contributed by atoms with van der Waals surface area (Å²) in [5, 5.41) is 0. The Bertz CT molecular complexity index is 490. The van der Waals surface area contributed by atoms with Crippen LogP contribution in [0.15, 0.2) is 6.20 Å². The summed E-state index contributed by atoms with van der Waals surface area (Å²) in [6.45, 7) is 7.88. The second kappa shape index (κ2) is 6.18. The molecule has 1 amide bonds. The lowest BCUT2D eigenvalue weighted by Crippen LogP contribution is -2.49. The number of likely N-dealkylation sites (tertiary alicyclic amines) is 2. The first kappa shape index (κ1) is 14.6. The predicted molar refractivity (Wildman–Crippen MR) is 82.1 cm³/mol. The molecule has 0 aliphatic carbocycles. The first-order valence-corrected chi connectivity index (χ1v) is 8.14. The summed E-state index contributed by atoms with van der Waals surface area (Å²) < 4.78 is 0. The van der Waals surface area contributed by atoms with Crippen molar-refractivity contribution in [1.29, 1.82) is 0 Å². The number of amides is 1. The summed E-state index contributed by atoms with van der Waals surface area (Å²) in [5.41, 5.74) is 1.15. The van der Waals surface area contributed by atoms with Crippen molar-refractivity contribution >= 4 is 5.91 Å². The molecule has 2 aliphatic rings. The van der Waals surface area contributed by atoms with E-state index in [4.69, 9.17) is 0 Å². The number of nitrogens with one attached hydrogen (secondary N) is 1. The van der Waals surface area contributed by atoms with E-state index in [1.54, 1.807) is 6.92 Å². The number of carbonyl (C=O) groups excluding carboxylic acids is 1. The van der Waals surface area contributed by atoms with Crippen molar-refractivity contribution in [1.82, 2.24) is 19.8 Å². The van der Waals surface area contributed by atoms with Crippen molar-refractivity contribution in [2.75, 3.05) is 26.2 Å². The highest BCUT2D eigenvalue weighted by atomic mass is 16.2. The molecule has 0 radical (unpaired) electrons. The molecule has 5 heteroatoms. The van der Waals surface area contributed by atoms with Gasteiger partial charge in [0.15, 0.2) is 0 Å². The molecule has 1 aromatic heterocycles. The van der Waals surface area contributed by atoms with Crippen LogP contribution < -0.4 is 0 Å². The molecular weight excluding hydrogens is 264 g/mol. The second-order valence-electron chi connectivity index (χ2n) is 6.52. The first-order chi connectivity index (χ1) is 10.1. The fourth-order valence-corrected chi connectivity index (χ4v) is 3.75. The van der Waals surface area contributed by atoms with Crippen LogP contribution in [0.2, 0.25) is 0 Å². The number of H-pyrrole nitrogens is 1. The van der Waals surface area contributed by atoms with Gasteiger partial charge in [0.05, 0.1) is 0 Å². The van der Waals surface area contributed by atoms with E-state index in [9.17, 15) is 4.79 Å². The van der Waals surface area contributed by atoms with Gasteiger partial charge < -0.3 is 9.88 Å². The minimum atomic E-state index is 0.219. The number of aryl methyl sites for hydroxylation is 1. The Balaban J connectivity index is 1.58. The molecule has 2 fully saturated rings. The maximum absolute atomic E-state index is 11.4. The zero-order valence-electron chi connectivity index (χ0n) is 13.1. The van der Waals surface area contributed by atoms with Crippen molar-refractivity contribution in [2.24, 2.45) is 0 Å². The average molecular weight is 290 g/mol. The van der Waals surface area contributed by atoms with E-state index in [0.717, 1.165) is 44.0 Å². The molecule has 0 aromatic carbocycles. The highest BCUT2D eigenvalue weighted by Gasteiger charge is 2.30. The Morgan fingerprint density at radius 1 is 1.29 bits per heavy atom. The fourth-order valence-electron chi connectivity index (χ4n) is 3.75. The maximum Gasteiger partial charge on any atom is 0.219 e. The molecule has 116 valence electrons.